The quantitative estimate of drug-likeness (QED) is 0.382. The molecule has 33 heavy (non-hydrogen) atoms. The number of nitrogens with one attached hydrogen (secondary N) is 1. The number of aryl methyl sites for hydroxylation is 1. The number of pyridine rings is 1. The van der Waals surface area contributed by atoms with Crippen molar-refractivity contribution in [2.45, 2.75) is 13.5 Å². The van der Waals surface area contributed by atoms with Gasteiger partial charge in [0.1, 0.15) is 5.75 Å². The van der Waals surface area contributed by atoms with E-state index in [1.54, 1.807) is 25.6 Å². The summed E-state index contributed by atoms with van der Waals surface area (Å²) in [5, 5.41) is 8.70. The highest BCUT2D eigenvalue weighted by atomic mass is 32.1. The minimum absolute atomic E-state index is 0.254. The number of fused-ring (bicyclic) bond motifs is 1. The van der Waals surface area contributed by atoms with Crippen LogP contribution < -0.4 is 10.1 Å². The lowest BCUT2D eigenvalue weighted by Gasteiger charge is -2.04. The molecule has 5 aromatic rings. The van der Waals surface area contributed by atoms with Crippen LogP contribution in [0.25, 0.3) is 22.3 Å². The first-order valence-corrected chi connectivity index (χ1v) is 11.2. The Balaban J connectivity index is 1.34. The predicted octanol–water partition coefficient (Wildman–Crippen LogP) is 5.17. The van der Waals surface area contributed by atoms with E-state index in [2.05, 4.69) is 20.4 Å². The number of hydrogen-bond acceptors (Lipinski definition) is 6. The topological polar surface area (TPSA) is 81.9 Å². The van der Waals surface area contributed by atoms with Crippen LogP contribution >= 0.6 is 11.3 Å². The molecule has 0 aliphatic rings. The molecule has 0 radical (unpaired) electrons. The molecule has 0 aliphatic heterocycles. The van der Waals surface area contributed by atoms with Gasteiger partial charge in [-0.05, 0) is 42.8 Å². The second-order valence-electron chi connectivity index (χ2n) is 7.53. The highest BCUT2D eigenvalue weighted by molar-refractivity contribution is 7.16. The maximum atomic E-state index is 12.9. The van der Waals surface area contributed by atoms with Crippen LogP contribution in [-0.2, 0) is 6.54 Å². The summed E-state index contributed by atoms with van der Waals surface area (Å²) >= 11 is 1.44. The van der Waals surface area contributed by atoms with Crippen LogP contribution in [0.15, 0.2) is 73.1 Å². The third kappa shape index (κ3) is 4.33. The van der Waals surface area contributed by atoms with Gasteiger partial charge in [0, 0.05) is 22.0 Å². The number of aromatic nitrogens is 4. The molecule has 1 amide bonds. The molecule has 1 N–H and O–H groups in total. The van der Waals surface area contributed by atoms with Crippen molar-refractivity contribution in [3.8, 4) is 17.0 Å². The summed E-state index contributed by atoms with van der Waals surface area (Å²) in [6.07, 6.45) is 3.31. The third-order valence-electron chi connectivity index (χ3n) is 5.29. The van der Waals surface area contributed by atoms with Crippen LogP contribution in [0.5, 0.6) is 5.75 Å². The summed E-state index contributed by atoms with van der Waals surface area (Å²) in [6, 6.07) is 19.6. The minimum Gasteiger partial charge on any atom is -0.497 e. The maximum Gasteiger partial charge on any atom is 0.259 e. The number of nitrogens with zero attached hydrogens (tertiary/aromatic N) is 4. The van der Waals surface area contributed by atoms with Gasteiger partial charge in [0.25, 0.3) is 5.91 Å². The third-order valence-corrected chi connectivity index (χ3v) is 6.18. The van der Waals surface area contributed by atoms with Gasteiger partial charge in [-0.15, -0.1) is 11.3 Å². The Morgan fingerprint density at radius 1 is 1.09 bits per heavy atom. The molecule has 0 atom stereocenters. The van der Waals surface area contributed by atoms with Crippen molar-refractivity contribution in [2.75, 3.05) is 12.4 Å². The van der Waals surface area contributed by atoms with E-state index in [1.807, 2.05) is 66.2 Å². The number of anilines is 1. The normalized spacial score (nSPS) is 11.0. The molecular weight excluding hydrogens is 434 g/mol. The van der Waals surface area contributed by atoms with Gasteiger partial charge >= 0.3 is 0 Å². The Morgan fingerprint density at radius 3 is 2.64 bits per heavy atom. The summed E-state index contributed by atoms with van der Waals surface area (Å²) in [5.74, 6) is 0.533. The Kier molecular flexibility index (Phi) is 5.58. The highest BCUT2D eigenvalue weighted by Gasteiger charge is 2.15. The van der Waals surface area contributed by atoms with Gasteiger partial charge in [-0.2, -0.15) is 5.10 Å². The lowest BCUT2D eigenvalue weighted by molar-refractivity contribution is 0.102. The molecule has 0 aliphatic carbocycles. The van der Waals surface area contributed by atoms with Crippen molar-refractivity contribution in [2.24, 2.45) is 0 Å². The van der Waals surface area contributed by atoms with Gasteiger partial charge in [0.15, 0.2) is 10.8 Å². The van der Waals surface area contributed by atoms with Gasteiger partial charge in [0.05, 0.1) is 31.1 Å². The number of hydrogen-bond donors (Lipinski definition) is 1. The van der Waals surface area contributed by atoms with Crippen LogP contribution in [0.4, 0.5) is 5.13 Å². The van der Waals surface area contributed by atoms with E-state index < -0.39 is 0 Å². The Bertz CT molecular complexity index is 1420. The first kappa shape index (κ1) is 20.8. The van der Waals surface area contributed by atoms with Crippen molar-refractivity contribution in [1.29, 1.82) is 0 Å². The molecule has 7 nitrogen and oxygen atoms in total. The summed E-state index contributed by atoms with van der Waals surface area (Å²) in [4.78, 5) is 23.0. The molecule has 0 unspecified atom stereocenters. The molecule has 2 aromatic carbocycles. The number of rotatable bonds is 6. The van der Waals surface area contributed by atoms with Crippen molar-refractivity contribution < 1.29 is 9.53 Å². The monoisotopic (exact) mass is 455 g/mol. The fourth-order valence-electron chi connectivity index (χ4n) is 3.60. The number of thiazole rings is 1. The van der Waals surface area contributed by atoms with Gasteiger partial charge < -0.3 is 4.74 Å². The zero-order valence-corrected chi connectivity index (χ0v) is 19.0. The highest BCUT2D eigenvalue weighted by Crippen LogP contribution is 2.31. The molecule has 8 heteroatoms. The summed E-state index contributed by atoms with van der Waals surface area (Å²) in [6.45, 7) is 2.61. The standard InChI is InChI=1S/C25H21N5O2S/c1-16-22(18-8-10-21(32-2)11-9-18)28-25(33-16)29-24(31)20-12-19-14-27-30(23(19)26-13-20)15-17-6-4-3-5-7-17/h3-14H,15H2,1-2H3,(H,28,29,31). The first-order valence-electron chi connectivity index (χ1n) is 10.4. The van der Waals surface area contributed by atoms with E-state index >= 15 is 0 Å². The van der Waals surface area contributed by atoms with Gasteiger partial charge in [-0.25, -0.2) is 14.6 Å². The summed E-state index contributed by atoms with van der Waals surface area (Å²) in [5.41, 5.74) is 4.15. The second kappa shape index (κ2) is 8.84. The fourth-order valence-corrected chi connectivity index (χ4v) is 4.43. The number of carbonyl (C=O) groups excluding carboxylic acids is 1. The van der Waals surface area contributed by atoms with Crippen LogP contribution in [0.1, 0.15) is 20.8 Å². The van der Waals surface area contributed by atoms with Crippen molar-refractivity contribution in [1.82, 2.24) is 19.7 Å². The second-order valence-corrected chi connectivity index (χ2v) is 8.73. The van der Waals surface area contributed by atoms with E-state index in [-0.39, 0.29) is 5.91 Å². The van der Waals surface area contributed by atoms with E-state index in [0.717, 1.165) is 38.5 Å². The van der Waals surface area contributed by atoms with Crippen LogP contribution in [0.3, 0.4) is 0 Å². The smallest absolute Gasteiger partial charge is 0.259 e. The van der Waals surface area contributed by atoms with Crippen molar-refractivity contribution in [3.63, 3.8) is 0 Å². The molecule has 0 saturated heterocycles. The predicted molar refractivity (Wildman–Crippen MR) is 130 cm³/mol. The minimum atomic E-state index is -0.254. The van der Waals surface area contributed by atoms with Gasteiger partial charge in [-0.1, -0.05) is 30.3 Å². The number of amides is 1. The summed E-state index contributed by atoms with van der Waals surface area (Å²) < 4.78 is 7.05. The number of carbonyl (C=O) groups is 1. The zero-order valence-electron chi connectivity index (χ0n) is 18.1. The first-order chi connectivity index (χ1) is 16.1. The fraction of sp³-hybridized carbons (Fsp3) is 0.120. The lowest BCUT2D eigenvalue weighted by Crippen LogP contribution is -2.12. The number of benzene rings is 2. The van der Waals surface area contributed by atoms with E-state index in [9.17, 15) is 4.79 Å². The van der Waals surface area contributed by atoms with Gasteiger partial charge in [0.2, 0.25) is 0 Å². The Labute approximate surface area is 194 Å². The average molecular weight is 456 g/mol. The maximum absolute atomic E-state index is 12.9. The van der Waals surface area contributed by atoms with Crippen molar-refractivity contribution >= 4 is 33.4 Å². The molecule has 0 saturated carbocycles. The van der Waals surface area contributed by atoms with Crippen LogP contribution in [-0.4, -0.2) is 32.8 Å². The zero-order chi connectivity index (χ0) is 22.8. The molecule has 0 spiro atoms. The molecule has 164 valence electrons. The van der Waals surface area contributed by atoms with E-state index in [1.165, 1.54) is 11.3 Å². The summed E-state index contributed by atoms with van der Waals surface area (Å²) in [7, 11) is 1.64. The SMILES string of the molecule is COc1ccc(-c2nc(NC(=O)c3cnc4c(cnn4Cc4ccccc4)c3)sc2C)cc1. The largest absolute Gasteiger partial charge is 0.497 e. The molecular formula is C25H21N5O2S. The van der Waals surface area contributed by atoms with E-state index in [0.29, 0.717) is 17.2 Å². The van der Waals surface area contributed by atoms with Crippen LogP contribution in [0, 0.1) is 6.92 Å². The van der Waals surface area contributed by atoms with Crippen molar-refractivity contribution in [3.05, 3.63) is 89.1 Å². The number of methoxy groups -OCH3 is 1. The average Bonchev–Trinajstić information content (AvgIpc) is 3.42. The molecule has 5 rings (SSSR count). The molecule has 0 bridgehead atoms. The Hall–Kier alpha value is -4.04. The van der Waals surface area contributed by atoms with E-state index in [4.69, 9.17) is 4.74 Å². The molecule has 3 aromatic heterocycles. The molecule has 3 heterocycles. The Morgan fingerprint density at radius 2 is 1.88 bits per heavy atom. The number of ether oxygens (including phenoxy) is 1. The molecule has 0 fully saturated rings. The lowest BCUT2D eigenvalue weighted by atomic mass is 10.1. The van der Waals surface area contributed by atoms with Crippen LogP contribution in [0.2, 0.25) is 0 Å². The van der Waals surface area contributed by atoms with Gasteiger partial charge in [-0.3, -0.25) is 10.1 Å².